The predicted molar refractivity (Wildman–Crippen MR) is 40.3 cm³/mol. The zero-order valence-electron chi connectivity index (χ0n) is 6.22. The van der Waals surface area contributed by atoms with Crippen LogP contribution in [0.25, 0.3) is 0 Å². The van der Waals surface area contributed by atoms with Gasteiger partial charge in [0.15, 0.2) is 0 Å². The first-order valence-corrected chi connectivity index (χ1v) is 3.66. The normalized spacial score (nSPS) is 18.0. The van der Waals surface area contributed by atoms with Crippen LogP contribution >= 0.6 is 11.6 Å². The summed E-state index contributed by atoms with van der Waals surface area (Å²) in [4.78, 5) is 0. The van der Waals surface area contributed by atoms with E-state index >= 15 is 0 Å². The summed E-state index contributed by atoms with van der Waals surface area (Å²) < 4.78 is -0.233. The van der Waals surface area contributed by atoms with Crippen molar-refractivity contribution in [2.24, 2.45) is 0 Å². The number of hydroxylamine groups is 3. The second-order valence-electron chi connectivity index (χ2n) is 2.68. The third-order valence-corrected chi connectivity index (χ3v) is 1.79. The molecule has 9 heavy (non-hydrogen) atoms. The van der Waals surface area contributed by atoms with E-state index in [1.807, 2.05) is 13.8 Å². The predicted octanol–water partition coefficient (Wildman–Crippen LogP) is 1.58. The summed E-state index contributed by atoms with van der Waals surface area (Å²) in [5.41, 5.74) is 0. The van der Waals surface area contributed by atoms with Gasteiger partial charge in [0.05, 0.1) is 25.5 Å². The molecule has 0 rings (SSSR count). The van der Waals surface area contributed by atoms with Gasteiger partial charge in [0.2, 0.25) is 0 Å². The minimum atomic E-state index is -0.233. The second kappa shape index (κ2) is 3.40. The van der Waals surface area contributed by atoms with Crippen molar-refractivity contribution in [1.82, 2.24) is 0 Å². The van der Waals surface area contributed by atoms with E-state index in [-0.39, 0.29) is 10.7 Å². The number of alkyl halides is 1. The average Bonchev–Trinajstić information content (AvgIpc) is 1.65. The van der Waals surface area contributed by atoms with E-state index in [9.17, 15) is 5.21 Å². The molecule has 0 fully saturated rings. The molecule has 1 unspecified atom stereocenters. The molecule has 0 saturated heterocycles. The molecule has 0 heterocycles. The van der Waals surface area contributed by atoms with Crippen LogP contribution in [0.5, 0.6) is 0 Å². The standard InChI is InChI=1S/C6H14ClNO/c1-6(2)8(3,9)5-4-7/h6H,4-5H2,1-3H3. The molecule has 0 aliphatic carbocycles. The van der Waals surface area contributed by atoms with Crippen molar-refractivity contribution in [3.8, 4) is 0 Å². The Bertz CT molecular complexity index is 83.1. The Labute approximate surface area is 61.6 Å². The molecule has 0 bridgehead atoms. The molecule has 0 saturated carbocycles. The zero-order chi connectivity index (χ0) is 7.49. The first-order chi connectivity index (χ1) is 4.00. The summed E-state index contributed by atoms with van der Waals surface area (Å²) in [6, 6.07) is 0.115. The lowest BCUT2D eigenvalue weighted by atomic mass is 10.3. The van der Waals surface area contributed by atoms with Crippen molar-refractivity contribution in [3.63, 3.8) is 0 Å². The van der Waals surface area contributed by atoms with E-state index in [1.165, 1.54) is 0 Å². The first-order valence-electron chi connectivity index (χ1n) is 3.13. The molecule has 0 aromatic carbocycles. The Hall–Kier alpha value is 0.210. The molecule has 0 radical (unpaired) electrons. The minimum Gasteiger partial charge on any atom is -0.633 e. The van der Waals surface area contributed by atoms with Crippen LogP contribution in [0.1, 0.15) is 13.8 Å². The third-order valence-electron chi connectivity index (χ3n) is 1.62. The molecule has 56 valence electrons. The van der Waals surface area contributed by atoms with Crippen molar-refractivity contribution in [2.45, 2.75) is 19.9 Å². The maximum Gasteiger partial charge on any atom is 0.0921 e. The highest BCUT2D eigenvalue weighted by molar-refractivity contribution is 6.17. The molecular formula is C6H14ClNO. The maximum absolute atomic E-state index is 11.3. The number of halogens is 1. The Kier molecular flexibility index (Phi) is 3.48. The molecule has 1 atom stereocenters. The third kappa shape index (κ3) is 3.04. The smallest absolute Gasteiger partial charge is 0.0921 e. The van der Waals surface area contributed by atoms with Gasteiger partial charge in [0.1, 0.15) is 0 Å². The lowest BCUT2D eigenvalue weighted by Gasteiger charge is -2.42. The molecule has 0 aromatic rings. The van der Waals surface area contributed by atoms with Crippen LogP contribution in [0.15, 0.2) is 0 Å². The van der Waals surface area contributed by atoms with Crippen LogP contribution in [0.2, 0.25) is 0 Å². The summed E-state index contributed by atoms with van der Waals surface area (Å²) >= 11 is 5.41. The van der Waals surface area contributed by atoms with Gasteiger partial charge in [-0.3, -0.25) is 0 Å². The fourth-order valence-corrected chi connectivity index (χ4v) is 0.762. The first kappa shape index (κ1) is 9.21. The van der Waals surface area contributed by atoms with Gasteiger partial charge in [-0.25, -0.2) is 0 Å². The van der Waals surface area contributed by atoms with Gasteiger partial charge in [0.25, 0.3) is 0 Å². The van der Waals surface area contributed by atoms with Gasteiger partial charge in [-0.1, -0.05) is 0 Å². The van der Waals surface area contributed by atoms with Crippen molar-refractivity contribution < 1.29 is 4.65 Å². The van der Waals surface area contributed by atoms with Gasteiger partial charge in [-0.15, -0.1) is 11.6 Å². The minimum absolute atomic E-state index is 0.115. The molecule has 3 heteroatoms. The van der Waals surface area contributed by atoms with Crippen LogP contribution in [0.4, 0.5) is 0 Å². The molecule has 0 aliphatic heterocycles. The van der Waals surface area contributed by atoms with Crippen molar-refractivity contribution in [3.05, 3.63) is 5.21 Å². The fourth-order valence-electron chi connectivity index (χ4n) is 0.426. The molecule has 0 spiro atoms. The Morgan fingerprint density at radius 3 is 2.11 bits per heavy atom. The van der Waals surface area contributed by atoms with Crippen LogP contribution < -0.4 is 0 Å². The highest BCUT2D eigenvalue weighted by Gasteiger charge is 2.12. The van der Waals surface area contributed by atoms with E-state index in [0.29, 0.717) is 12.4 Å². The van der Waals surface area contributed by atoms with E-state index in [4.69, 9.17) is 11.6 Å². The second-order valence-corrected chi connectivity index (χ2v) is 3.06. The maximum atomic E-state index is 11.3. The van der Waals surface area contributed by atoms with Gasteiger partial charge in [-0.05, 0) is 13.8 Å². The van der Waals surface area contributed by atoms with Crippen LogP contribution in [0, 0.1) is 5.21 Å². The van der Waals surface area contributed by atoms with Crippen LogP contribution in [-0.2, 0) is 0 Å². The van der Waals surface area contributed by atoms with Gasteiger partial charge < -0.3 is 9.85 Å². The Morgan fingerprint density at radius 1 is 1.56 bits per heavy atom. The lowest BCUT2D eigenvalue weighted by molar-refractivity contribution is -0.879. The molecule has 0 aromatic heterocycles. The van der Waals surface area contributed by atoms with Gasteiger partial charge in [0, 0.05) is 0 Å². The quantitative estimate of drug-likeness (QED) is 0.341. The van der Waals surface area contributed by atoms with Crippen LogP contribution in [0.3, 0.4) is 0 Å². The Morgan fingerprint density at radius 2 is 2.00 bits per heavy atom. The molecule has 2 nitrogen and oxygen atoms in total. The van der Waals surface area contributed by atoms with E-state index in [0.717, 1.165) is 0 Å². The molecule has 0 N–H and O–H groups in total. The summed E-state index contributed by atoms with van der Waals surface area (Å²) in [6.45, 7) is 4.30. The molecule has 0 amide bonds. The zero-order valence-corrected chi connectivity index (χ0v) is 6.98. The summed E-state index contributed by atoms with van der Waals surface area (Å²) in [5.74, 6) is 0.443. The largest absolute Gasteiger partial charge is 0.633 e. The van der Waals surface area contributed by atoms with Crippen molar-refractivity contribution in [2.75, 3.05) is 19.5 Å². The summed E-state index contributed by atoms with van der Waals surface area (Å²) in [5, 5.41) is 11.3. The van der Waals surface area contributed by atoms with Crippen molar-refractivity contribution in [1.29, 1.82) is 0 Å². The highest BCUT2D eigenvalue weighted by Crippen LogP contribution is 2.06. The van der Waals surface area contributed by atoms with Crippen LogP contribution in [-0.4, -0.2) is 30.2 Å². The van der Waals surface area contributed by atoms with E-state index < -0.39 is 0 Å². The van der Waals surface area contributed by atoms with Gasteiger partial charge in [-0.2, -0.15) is 0 Å². The summed E-state index contributed by atoms with van der Waals surface area (Å²) in [6.07, 6.45) is 0. The lowest BCUT2D eigenvalue weighted by Crippen LogP contribution is -2.45. The number of quaternary nitrogens is 1. The highest BCUT2D eigenvalue weighted by atomic mass is 35.5. The Balaban J connectivity index is 3.70. The van der Waals surface area contributed by atoms with Gasteiger partial charge >= 0.3 is 0 Å². The van der Waals surface area contributed by atoms with Crippen molar-refractivity contribution >= 4 is 11.6 Å². The number of rotatable bonds is 3. The average molecular weight is 152 g/mol. The molecule has 0 aliphatic rings. The fraction of sp³-hybridized carbons (Fsp3) is 1.00. The number of nitrogens with zero attached hydrogens (tertiary/aromatic N) is 1. The number of hydrogen-bond acceptors (Lipinski definition) is 1. The topological polar surface area (TPSA) is 23.1 Å². The van der Waals surface area contributed by atoms with E-state index in [1.54, 1.807) is 7.05 Å². The van der Waals surface area contributed by atoms with E-state index in [2.05, 4.69) is 0 Å². The monoisotopic (exact) mass is 151 g/mol. The SMILES string of the molecule is CC(C)[N+](C)([O-])CCCl. The number of hydrogen-bond donors (Lipinski definition) is 0. The molecular weight excluding hydrogens is 138 g/mol. The summed E-state index contributed by atoms with van der Waals surface area (Å²) in [7, 11) is 1.65.